The van der Waals surface area contributed by atoms with Crippen molar-refractivity contribution in [3.63, 3.8) is 0 Å². The second-order valence-electron chi connectivity index (χ2n) is 7.24. The van der Waals surface area contributed by atoms with Crippen LogP contribution >= 0.6 is 0 Å². The number of fused-ring (bicyclic) bond motifs is 1. The number of aryl methyl sites for hydroxylation is 1. The first kappa shape index (κ1) is 20.7. The van der Waals surface area contributed by atoms with Crippen molar-refractivity contribution in [1.29, 1.82) is 0 Å². The summed E-state index contributed by atoms with van der Waals surface area (Å²) in [4.78, 5) is 18.3. The summed E-state index contributed by atoms with van der Waals surface area (Å²) in [5, 5.41) is 10.8. The average molecular weight is 439 g/mol. The zero-order valence-corrected chi connectivity index (χ0v) is 17.8. The molecule has 0 aliphatic heterocycles. The van der Waals surface area contributed by atoms with Crippen molar-refractivity contribution in [1.82, 2.24) is 14.5 Å². The van der Waals surface area contributed by atoms with Crippen molar-refractivity contribution >= 4 is 20.7 Å². The van der Waals surface area contributed by atoms with E-state index in [2.05, 4.69) is 9.97 Å². The molecule has 2 heterocycles. The molecule has 4 aromatic rings. The highest BCUT2D eigenvalue weighted by molar-refractivity contribution is 7.90. The van der Waals surface area contributed by atoms with Crippen LogP contribution in [0.4, 0.5) is 0 Å². The molecule has 0 unspecified atom stereocenters. The van der Waals surface area contributed by atoms with E-state index in [0.717, 1.165) is 26.7 Å². The third-order valence-electron chi connectivity index (χ3n) is 5.04. The fourth-order valence-corrected chi connectivity index (χ4v) is 4.79. The van der Waals surface area contributed by atoms with E-state index < -0.39 is 27.2 Å². The van der Waals surface area contributed by atoms with Gasteiger partial charge in [0.05, 0.1) is 16.1 Å². The van der Waals surface area contributed by atoms with Crippen molar-refractivity contribution in [3.05, 3.63) is 82.0 Å². The van der Waals surface area contributed by atoms with Gasteiger partial charge in [0.2, 0.25) is 5.88 Å². The Hall–Kier alpha value is -3.59. The first-order chi connectivity index (χ1) is 14.7. The first-order valence-corrected chi connectivity index (χ1v) is 11.2. The zero-order valence-electron chi connectivity index (χ0n) is 17.0. The van der Waals surface area contributed by atoms with Gasteiger partial charge in [-0.1, -0.05) is 18.2 Å². The molecule has 160 valence electrons. The monoisotopic (exact) mass is 439 g/mol. The van der Waals surface area contributed by atoms with Crippen molar-refractivity contribution in [3.8, 4) is 11.6 Å². The topological polar surface area (TPSA) is 114 Å². The van der Waals surface area contributed by atoms with Gasteiger partial charge in [-0.3, -0.25) is 14.5 Å². The number of para-hydroxylation sites is 1. The van der Waals surface area contributed by atoms with Gasteiger partial charge in [-0.25, -0.2) is 13.2 Å². The molecule has 0 radical (unpaired) electrons. The molecular formula is C22H21N3O5S. The second kappa shape index (κ2) is 7.92. The Balaban J connectivity index is 1.52. The highest BCUT2D eigenvalue weighted by atomic mass is 32.2. The number of hydrogen-bond acceptors (Lipinski definition) is 6. The molecule has 0 saturated heterocycles. The molecule has 2 N–H and O–H groups in total. The van der Waals surface area contributed by atoms with Gasteiger partial charge in [0.1, 0.15) is 18.1 Å². The zero-order chi connectivity index (χ0) is 22.2. The summed E-state index contributed by atoms with van der Waals surface area (Å²) in [5.74, 6) is -0.429. The summed E-state index contributed by atoms with van der Waals surface area (Å²) < 4.78 is 32.3. The Labute approximate surface area is 178 Å². The number of pyridine rings is 1. The molecule has 0 spiro atoms. The molecule has 0 amide bonds. The molecule has 31 heavy (non-hydrogen) atoms. The van der Waals surface area contributed by atoms with Crippen molar-refractivity contribution in [2.24, 2.45) is 7.05 Å². The van der Waals surface area contributed by atoms with E-state index in [1.807, 2.05) is 37.3 Å². The summed E-state index contributed by atoms with van der Waals surface area (Å²) >= 11 is 0. The summed E-state index contributed by atoms with van der Waals surface area (Å²) in [6.07, 6.45) is 0. The van der Waals surface area contributed by atoms with Gasteiger partial charge in [0.15, 0.2) is 9.84 Å². The molecule has 0 aliphatic rings. The number of aromatic amines is 1. The maximum atomic E-state index is 12.7. The van der Waals surface area contributed by atoms with Crippen LogP contribution in [0.3, 0.4) is 0 Å². The molecule has 0 bridgehead atoms. The van der Waals surface area contributed by atoms with E-state index in [-0.39, 0.29) is 10.6 Å². The van der Waals surface area contributed by atoms with Crippen molar-refractivity contribution < 1.29 is 18.3 Å². The van der Waals surface area contributed by atoms with E-state index >= 15 is 0 Å². The van der Waals surface area contributed by atoms with E-state index in [1.165, 1.54) is 19.2 Å². The quantitative estimate of drug-likeness (QED) is 0.478. The van der Waals surface area contributed by atoms with Crippen LogP contribution in [0.15, 0.2) is 64.3 Å². The number of hydrogen-bond donors (Lipinski definition) is 2. The summed E-state index contributed by atoms with van der Waals surface area (Å²) in [6, 6.07) is 15.8. The fourth-order valence-electron chi connectivity index (χ4n) is 3.39. The Morgan fingerprint density at radius 3 is 2.52 bits per heavy atom. The normalized spacial score (nSPS) is 11.7. The third kappa shape index (κ3) is 4.17. The summed E-state index contributed by atoms with van der Waals surface area (Å²) in [6.45, 7) is 2.24. The van der Waals surface area contributed by atoms with E-state index in [1.54, 1.807) is 12.1 Å². The Morgan fingerprint density at radius 2 is 1.84 bits per heavy atom. The fraction of sp³-hybridized carbons (Fsp3) is 0.182. The maximum Gasteiger partial charge on any atom is 0.328 e. The molecule has 2 aromatic heterocycles. The van der Waals surface area contributed by atoms with Gasteiger partial charge >= 0.3 is 5.69 Å². The minimum Gasteiger partial charge on any atom is -0.493 e. The van der Waals surface area contributed by atoms with Crippen LogP contribution < -0.4 is 10.4 Å². The second-order valence-corrected chi connectivity index (χ2v) is 9.23. The summed E-state index contributed by atoms with van der Waals surface area (Å²) in [5.41, 5.74) is 2.20. The number of rotatable bonds is 6. The number of imidazole rings is 1. The van der Waals surface area contributed by atoms with Crippen LogP contribution in [0.1, 0.15) is 17.0 Å². The van der Waals surface area contributed by atoms with Crippen LogP contribution in [0.25, 0.3) is 10.9 Å². The van der Waals surface area contributed by atoms with E-state index in [0.29, 0.717) is 12.4 Å². The molecule has 0 aliphatic carbocycles. The number of benzene rings is 2. The van der Waals surface area contributed by atoms with E-state index in [4.69, 9.17) is 4.74 Å². The molecule has 9 heteroatoms. The predicted octanol–water partition coefficient (Wildman–Crippen LogP) is 2.83. The number of aromatic hydroxyl groups is 1. The molecule has 4 rings (SSSR count). The lowest BCUT2D eigenvalue weighted by Gasteiger charge is -2.11. The summed E-state index contributed by atoms with van der Waals surface area (Å²) in [7, 11) is -2.37. The van der Waals surface area contributed by atoms with Crippen LogP contribution in [-0.2, 0) is 29.2 Å². The van der Waals surface area contributed by atoms with Crippen molar-refractivity contribution in [2.75, 3.05) is 0 Å². The van der Waals surface area contributed by atoms with Gasteiger partial charge in [0, 0.05) is 23.7 Å². The lowest BCUT2D eigenvalue weighted by molar-refractivity contribution is 0.307. The lowest BCUT2D eigenvalue weighted by Crippen LogP contribution is -2.16. The van der Waals surface area contributed by atoms with E-state index in [9.17, 15) is 18.3 Å². The molecule has 8 nitrogen and oxygen atoms in total. The largest absolute Gasteiger partial charge is 0.493 e. The minimum atomic E-state index is -3.77. The third-order valence-corrected chi connectivity index (χ3v) is 6.69. The standard InChI is InChI=1S/C22H21N3O5S/c1-14-11-15(18-5-3-4-6-19(18)23-14)12-30-16-7-9-17(10-8-16)31(28,29)13-20-21(26)24-22(27)25(20)2/h3-11,26H,12-13H2,1-2H3,(H,24,27). The number of sulfone groups is 1. The number of ether oxygens (including phenoxy) is 1. The van der Waals surface area contributed by atoms with Crippen LogP contribution in [0.2, 0.25) is 0 Å². The van der Waals surface area contributed by atoms with Crippen LogP contribution in [0, 0.1) is 6.92 Å². The van der Waals surface area contributed by atoms with Gasteiger partial charge in [0.25, 0.3) is 0 Å². The Kier molecular flexibility index (Phi) is 5.28. The number of nitrogens with zero attached hydrogens (tertiary/aromatic N) is 2. The SMILES string of the molecule is Cc1cc(COc2ccc(S(=O)(=O)Cc3c(O)[nH]c(=O)n3C)cc2)c2ccccc2n1. The highest BCUT2D eigenvalue weighted by Gasteiger charge is 2.21. The highest BCUT2D eigenvalue weighted by Crippen LogP contribution is 2.24. The smallest absolute Gasteiger partial charge is 0.328 e. The number of H-pyrrole nitrogens is 1. The minimum absolute atomic E-state index is 0.00487. The Bertz CT molecular complexity index is 1420. The Morgan fingerprint density at radius 1 is 1.13 bits per heavy atom. The van der Waals surface area contributed by atoms with Crippen molar-refractivity contribution in [2.45, 2.75) is 24.2 Å². The molecule has 0 saturated carbocycles. The molecule has 0 atom stereocenters. The molecule has 2 aromatic carbocycles. The average Bonchev–Trinajstić information content (AvgIpc) is 2.98. The first-order valence-electron chi connectivity index (χ1n) is 9.52. The van der Waals surface area contributed by atoms with Gasteiger partial charge in [-0.05, 0) is 43.3 Å². The van der Waals surface area contributed by atoms with Crippen LogP contribution in [0.5, 0.6) is 11.6 Å². The van der Waals surface area contributed by atoms with Gasteiger partial charge in [-0.15, -0.1) is 0 Å². The number of nitrogens with one attached hydrogen (secondary N) is 1. The lowest BCUT2D eigenvalue weighted by atomic mass is 10.1. The number of aromatic nitrogens is 3. The van der Waals surface area contributed by atoms with Gasteiger partial charge < -0.3 is 9.84 Å². The van der Waals surface area contributed by atoms with Gasteiger partial charge in [-0.2, -0.15) is 0 Å². The maximum absolute atomic E-state index is 12.7. The predicted molar refractivity (Wildman–Crippen MR) is 116 cm³/mol. The molecular weight excluding hydrogens is 418 g/mol. The molecule has 0 fully saturated rings. The van der Waals surface area contributed by atoms with Crippen LogP contribution in [-0.4, -0.2) is 28.1 Å².